The molecule has 0 aliphatic carbocycles. The summed E-state index contributed by atoms with van der Waals surface area (Å²) in [4.78, 5) is 8.88. The molecule has 0 atom stereocenters. The maximum Gasteiger partial charge on any atom is 0.136 e. The van der Waals surface area contributed by atoms with E-state index >= 15 is 0 Å². The minimum absolute atomic E-state index is 0.473. The molecule has 4 heteroatoms. The second-order valence-corrected chi connectivity index (χ2v) is 6.13. The molecule has 0 fully saturated rings. The second kappa shape index (κ2) is 6.91. The van der Waals surface area contributed by atoms with Crippen LogP contribution < -0.4 is 5.32 Å². The monoisotopic (exact) mass is 345 g/mol. The molecule has 1 N–H and O–H groups in total. The fourth-order valence-electron chi connectivity index (χ4n) is 2.94. The fourth-order valence-corrected chi connectivity index (χ4v) is 3.14. The molecule has 0 unspecified atom stereocenters. The molecule has 25 heavy (non-hydrogen) atoms. The molecule has 0 radical (unpaired) electrons. The van der Waals surface area contributed by atoms with Crippen molar-refractivity contribution in [2.24, 2.45) is 0 Å². The molecule has 0 saturated carbocycles. The number of nitrogens with one attached hydrogen (secondary N) is 1. The number of hydrogen-bond acceptors (Lipinski definition) is 3. The Kier molecular flexibility index (Phi) is 4.32. The van der Waals surface area contributed by atoms with Crippen LogP contribution in [0.1, 0.15) is 5.69 Å². The Labute approximate surface area is 151 Å². The Balaban J connectivity index is 1.82. The zero-order chi connectivity index (χ0) is 17.1. The molecule has 0 amide bonds. The van der Waals surface area contributed by atoms with Crippen molar-refractivity contribution in [3.8, 4) is 11.1 Å². The van der Waals surface area contributed by atoms with Crippen molar-refractivity contribution in [1.29, 1.82) is 0 Å². The lowest BCUT2D eigenvalue weighted by molar-refractivity contribution is 1.03. The predicted molar refractivity (Wildman–Crippen MR) is 104 cm³/mol. The summed E-state index contributed by atoms with van der Waals surface area (Å²) in [5, 5.41) is 5.99. The molecule has 2 heterocycles. The van der Waals surface area contributed by atoms with Gasteiger partial charge in [-0.1, -0.05) is 66.2 Å². The van der Waals surface area contributed by atoms with Gasteiger partial charge in [-0.3, -0.25) is 4.98 Å². The largest absolute Gasteiger partial charge is 0.364 e. The first-order chi connectivity index (χ1) is 12.3. The summed E-state index contributed by atoms with van der Waals surface area (Å²) in [6.45, 7) is 0.590. The van der Waals surface area contributed by atoms with Gasteiger partial charge >= 0.3 is 0 Å². The van der Waals surface area contributed by atoms with Gasteiger partial charge in [0.15, 0.2) is 0 Å². The first-order valence-corrected chi connectivity index (χ1v) is 8.47. The van der Waals surface area contributed by atoms with Crippen LogP contribution in [0.15, 0.2) is 79.0 Å². The standard InChI is InChI=1S/C21H16ClN3/c22-19-13-16-9-6-11-18(15-7-2-1-3-8-15)20(16)21(25-19)24-14-17-10-4-5-12-23-17/h1-13H,14H2,(H,24,25). The zero-order valence-electron chi connectivity index (χ0n) is 13.5. The summed E-state index contributed by atoms with van der Waals surface area (Å²) in [5.41, 5.74) is 3.23. The van der Waals surface area contributed by atoms with E-state index in [0.717, 1.165) is 33.4 Å². The Morgan fingerprint density at radius 1 is 0.880 bits per heavy atom. The van der Waals surface area contributed by atoms with Crippen molar-refractivity contribution in [3.05, 3.63) is 89.8 Å². The highest BCUT2D eigenvalue weighted by Gasteiger charge is 2.11. The van der Waals surface area contributed by atoms with E-state index in [-0.39, 0.29) is 0 Å². The van der Waals surface area contributed by atoms with Gasteiger partial charge in [0.2, 0.25) is 0 Å². The number of nitrogens with zero attached hydrogens (tertiary/aromatic N) is 2. The third-order valence-electron chi connectivity index (χ3n) is 4.07. The van der Waals surface area contributed by atoms with Crippen LogP contribution in [0.4, 0.5) is 5.82 Å². The lowest BCUT2D eigenvalue weighted by atomic mass is 9.99. The van der Waals surface area contributed by atoms with E-state index in [1.807, 2.05) is 48.5 Å². The molecular weight excluding hydrogens is 330 g/mol. The normalized spacial score (nSPS) is 10.8. The number of anilines is 1. The third kappa shape index (κ3) is 3.32. The Morgan fingerprint density at radius 2 is 1.72 bits per heavy atom. The second-order valence-electron chi connectivity index (χ2n) is 5.74. The van der Waals surface area contributed by atoms with Crippen LogP contribution in [0.3, 0.4) is 0 Å². The van der Waals surface area contributed by atoms with Crippen molar-refractivity contribution in [3.63, 3.8) is 0 Å². The number of hydrogen-bond donors (Lipinski definition) is 1. The van der Waals surface area contributed by atoms with Gasteiger partial charge in [-0.2, -0.15) is 0 Å². The Hall–Kier alpha value is -2.91. The van der Waals surface area contributed by atoms with E-state index < -0.39 is 0 Å². The van der Waals surface area contributed by atoms with Gasteiger partial charge < -0.3 is 5.32 Å². The summed E-state index contributed by atoms with van der Waals surface area (Å²) in [5.74, 6) is 0.771. The molecule has 4 rings (SSSR count). The molecular formula is C21H16ClN3. The van der Waals surface area contributed by atoms with Crippen LogP contribution in [0.25, 0.3) is 21.9 Å². The molecule has 122 valence electrons. The average Bonchev–Trinajstić information content (AvgIpc) is 2.67. The van der Waals surface area contributed by atoms with Crippen molar-refractivity contribution in [1.82, 2.24) is 9.97 Å². The third-order valence-corrected chi connectivity index (χ3v) is 4.27. The van der Waals surface area contributed by atoms with Crippen LogP contribution in [0.2, 0.25) is 5.15 Å². The Morgan fingerprint density at radius 3 is 2.52 bits per heavy atom. The van der Waals surface area contributed by atoms with E-state index in [2.05, 4.69) is 39.6 Å². The zero-order valence-corrected chi connectivity index (χ0v) is 14.2. The highest BCUT2D eigenvalue weighted by Crippen LogP contribution is 2.34. The van der Waals surface area contributed by atoms with Crippen LogP contribution >= 0.6 is 11.6 Å². The summed E-state index contributed by atoms with van der Waals surface area (Å²) in [7, 11) is 0. The summed E-state index contributed by atoms with van der Waals surface area (Å²) >= 11 is 6.24. The Bertz CT molecular complexity index is 1000. The molecule has 2 aromatic heterocycles. The van der Waals surface area contributed by atoms with Gasteiger partial charge in [0.1, 0.15) is 11.0 Å². The van der Waals surface area contributed by atoms with Crippen molar-refractivity contribution in [2.75, 3.05) is 5.32 Å². The molecule has 4 aromatic rings. The predicted octanol–water partition coefficient (Wildman–Crippen LogP) is 5.56. The van der Waals surface area contributed by atoms with Gasteiger partial charge in [0.05, 0.1) is 12.2 Å². The molecule has 0 spiro atoms. The van der Waals surface area contributed by atoms with Crippen LogP contribution in [-0.4, -0.2) is 9.97 Å². The van der Waals surface area contributed by atoms with Crippen LogP contribution in [-0.2, 0) is 6.54 Å². The number of halogens is 1. The number of rotatable bonds is 4. The summed E-state index contributed by atoms with van der Waals surface area (Å²) in [6.07, 6.45) is 1.79. The smallest absolute Gasteiger partial charge is 0.136 e. The van der Waals surface area contributed by atoms with Crippen molar-refractivity contribution in [2.45, 2.75) is 6.54 Å². The maximum absolute atomic E-state index is 6.24. The van der Waals surface area contributed by atoms with E-state index in [0.29, 0.717) is 11.7 Å². The topological polar surface area (TPSA) is 37.8 Å². The first kappa shape index (κ1) is 15.6. The van der Waals surface area contributed by atoms with Gasteiger partial charge in [0, 0.05) is 11.6 Å². The fraction of sp³-hybridized carbons (Fsp3) is 0.0476. The SMILES string of the molecule is Clc1cc2cccc(-c3ccccc3)c2c(NCc2ccccn2)n1. The molecule has 2 aromatic carbocycles. The van der Waals surface area contributed by atoms with E-state index in [4.69, 9.17) is 11.6 Å². The summed E-state index contributed by atoms with van der Waals surface area (Å²) < 4.78 is 0. The lowest BCUT2D eigenvalue weighted by Crippen LogP contribution is -2.04. The minimum Gasteiger partial charge on any atom is -0.364 e. The molecule has 0 saturated heterocycles. The van der Waals surface area contributed by atoms with E-state index in [1.54, 1.807) is 6.20 Å². The minimum atomic E-state index is 0.473. The highest BCUT2D eigenvalue weighted by atomic mass is 35.5. The quantitative estimate of drug-likeness (QED) is 0.492. The molecule has 0 aliphatic heterocycles. The van der Waals surface area contributed by atoms with Gasteiger partial charge in [0.25, 0.3) is 0 Å². The van der Waals surface area contributed by atoms with Gasteiger partial charge in [-0.15, -0.1) is 0 Å². The molecule has 0 bridgehead atoms. The summed E-state index contributed by atoms with van der Waals surface area (Å²) in [6, 6.07) is 24.3. The van der Waals surface area contributed by atoms with Crippen LogP contribution in [0, 0.1) is 0 Å². The number of fused-ring (bicyclic) bond motifs is 1. The van der Waals surface area contributed by atoms with E-state index in [1.165, 1.54) is 0 Å². The van der Waals surface area contributed by atoms with E-state index in [9.17, 15) is 0 Å². The lowest BCUT2D eigenvalue weighted by Gasteiger charge is -2.13. The molecule has 3 nitrogen and oxygen atoms in total. The first-order valence-electron chi connectivity index (χ1n) is 8.10. The number of benzene rings is 2. The van der Waals surface area contributed by atoms with Gasteiger partial charge in [-0.25, -0.2) is 4.98 Å². The van der Waals surface area contributed by atoms with Gasteiger partial charge in [-0.05, 0) is 34.7 Å². The average molecular weight is 346 g/mol. The molecule has 0 aliphatic rings. The van der Waals surface area contributed by atoms with Crippen molar-refractivity contribution >= 4 is 28.2 Å². The number of pyridine rings is 2. The van der Waals surface area contributed by atoms with Crippen LogP contribution in [0.5, 0.6) is 0 Å². The maximum atomic E-state index is 6.24. The number of aromatic nitrogens is 2. The highest BCUT2D eigenvalue weighted by molar-refractivity contribution is 6.30. The van der Waals surface area contributed by atoms with Crippen molar-refractivity contribution < 1.29 is 0 Å².